The summed E-state index contributed by atoms with van der Waals surface area (Å²) in [6.07, 6.45) is 1.87. The summed E-state index contributed by atoms with van der Waals surface area (Å²) in [5, 5.41) is 7.71. The highest BCUT2D eigenvalue weighted by Gasteiger charge is 2.34. The molecule has 0 aliphatic heterocycles. The van der Waals surface area contributed by atoms with E-state index in [4.69, 9.17) is 5.10 Å². The molecule has 1 heterocycles. The fraction of sp³-hybridized carbons (Fsp3) is 0.522. The van der Waals surface area contributed by atoms with Crippen LogP contribution < -0.4 is 5.32 Å². The molecule has 0 saturated heterocycles. The molecule has 156 valence electrons. The second kappa shape index (κ2) is 8.39. The van der Waals surface area contributed by atoms with Crippen molar-refractivity contribution in [2.24, 2.45) is 11.8 Å². The molecule has 2 aromatic rings. The number of hydrogen-bond acceptors (Lipinski definition) is 3. The summed E-state index contributed by atoms with van der Waals surface area (Å²) in [5.74, 6) is 0.934. The number of carbonyl (C=O) groups excluding carboxylic acids is 2. The molecule has 1 aromatic heterocycles. The van der Waals surface area contributed by atoms with Crippen LogP contribution in [0.4, 0.5) is 5.82 Å². The lowest BCUT2D eigenvalue weighted by molar-refractivity contribution is -0.136. The van der Waals surface area contributed by atoms with Crippen molar-refractivity contribution in [1.82, 2.24) is 14.7 Å². The van der Waals surface area contributed by atoms with E-state index in [0.29, 0.717) is 18.3 Å². The summed E-state index contributed by atoms with van der Waals surface area (Å²) in [6, 6.07) is 11.7. The van der Waals surface area contributed by atoms with Gasteiger partial charge in [-0.2, -0.15) is 5.10 Å². The minimum Gasteiger partial charge on any atom is -0.333 e. The van der Waals surface area contributed by atoms with Crippen LogP contribution in [0.25, 0.3) is 5.69 Å². The second-order valence-corrected chi connectivity index (χ2v) is 9.35. The van der Waals surface area contributed by atoms with Crippen LogP contribution in [0.15, 0.2) is 36.4 Å². The van der Waals surface area contributed by atoms with Crippen LogP contribution in [0.1, 0.15) is 53.2 Å². The third-order valence-electron chi connectivity index (χ3n) is 4.90. The summed E-state index contributed by atoms with van der Waals surface area (Å²) in [5.41, 5.74) is 1.63. The van der Waals surface area contributed by atoms with E-state index in [2.05, 4.69) is 39.9 Å². The van der Waals surface area contributed by atoms with Crippen LogP contribution in [-0.4, -0.2) is 39.6 Å². The highest BCUT2D eigenvalue weighted by molar-refractivity contribution is 5.94. The molecule has 1 aromatic carbocycles. The molecule has 29 heavy (non-hydrogen) atoms. The number of anilines is 1. The number of aromatic nitrogens is 2. The molecule has 1 N–H and O–H groups in total. The van der Waals surface area contributed by atoms with E-state index < -0.39 is 0 Å². The van der Waals surface area contributed by atoms with Crippen molar-refractivity contribution in [2.45, 2.75) is 52.9 Å². The normalized spacial score (nSPS) is 14.1. The van der Waals surface area contributed by atoms with Crippen molar-refractivity contribution in [2.75, 3.05) is 18.4 Å². The molecule has 2 amide bonds. The van der Waals surface area contributed by atoms with E-state index in [9.17, 15) is 9.59 Å². The van der Waals surface area contributed by atoms with Gasteiger partial charge in [-0.1, -0.05) is 52.8 Å². The molecule has 0 bridgehead atoms. The summed E-state index contributed by atoms with van der Waals surface area (Å²) in [7, 11) is 0. The molecule has 0 atom stereocenters. The average Bonchev–Trinajstić information content (AvgIpc) is 3.40. The van der Waals surface area contributed by atoms with Crippen molar-refractivity contribution in [3.8, 4) is 5.69 Å². The van der Waals surface area contributed by atoms with Gasteiger partial charge in [-0.05, 0) is 30.9 Å². The fourth-order valence-electron chi connectivity index (χ4n) is 3.22. The van der Waals surface area contributed by atoms with Crippen molar-refractivity contribution >= 4 is 17.6 Å². The van der Waals surface area contributed by atoms with Gasteiger partial charge in [0, 0.05) is 23.9 Å². The lowest BCUT2D eigenvalue weighted by Crippen LogP contribution is -2.41. The van der Waals surface area contributed by atoms with Crippen LogP contribution in [0.5, 0.6) is 0 Å². The lowest BCUT2D eigenvalue weighted by Gasteiger charge is -2.24. The van der Waals surface area contributed by atoms with Gasteiger partial charge in [-0.3, -0.25) is 9.59 Å². The minimum atomic E-state index is -0.197. The van der Waals surface area contributed by atoms with E-state index in [1.165, 1.54) is 0 Å². The van der Waals surface area contributed by atoms with E-state index in [1.807, 2.05) is 36.4 Å². The third kappa shape index (κ3) is 5.46. The molecular formula is C23H32N4O2. The predicted octanol–water partition coefficient (Wildman–Crippen LogP) is 4.00. The third-order valence-corrected chi connectivity index (χ3v) is 4.90. The van der Waals surface area contributed by atoms with Crippen LogP contribution in [-0.2, 0) is 15.0 Å². The van der Waals surface area contributed by atoms with E-state index in [0.717, 1.165) is 24.2 Å². The minimum absolute atomic E-state index is 0.0678. The summed E-state index contributed by atoms with van der Waals surface area (Å²) >= 11 is 0. The Morgan fingerprint density at radius 1 is 1.21 bits per heavy atom. The van der Waals surface area contributed by atoms with Crippen molar-refractivity contribution in [1.29, 1.82) is 0 Å². The number of amides is 2. The van der Waals surface area contributed by atoms with Crippen LogP contribution in [0, 0.1) is 11.8 Å². The predicted molar refractivity (Wildman–Crippen MR) is 115 cm³/mol. The summed E-state index contributed by atoms with van der Waals surface area (Å²) in [4.78, 5) is 27.1. The quantitative estimate of drug-likeness (QED) is 0.769. The Labute approximate surface area is 173 Å². The Bertz CT molecular complexity index is 861. The van der Waals surface area contributed by atoms with Gasteiger partial charge in [0.05, 0.1) is 17.9 Å². The maximum atomic E-state index is 12.8. The number of nitrogens with zero attached hydrogens (tertiary/aromatic N) is 3. The number of nitrogens with one attached hydrogen (secondary N) is 1. The molecule has 1 fully saturated rings. The second-order valence-electron chi connectivity index (χ2n) is 9.35. The Morgan fingerprint density at radius 3 is 2.41 bits per heavy atom. The van der Waals surface area contributed by atoms with Gasteiger partial charge >= 0.3 is 0 Å². The standard InChI is InChI=1S/C23H32N4O2/c1-16(2)14-26(22(29)17-11-12-17)15-21(28)24-20-13-19(23(3,4)5)25-27(20)18-9-7-6-8-10-18/h6-10,13,16-17H,11-12,14-15H2,1-5H3,(H,24,28). The smallest absolute Gasteiger partial charge is 0.245 e. The summed E-state index contributed by atoms with van der Waals surface area (Å²) < 4.78 is 1.76. The number of para-hydroxylation sites is 1. The van der Waals surface area contributed by atoms with Gasteiger partial charge in [0.15, 0.2) is 0 Å². The first-order valence-corrected chi connectivity index (χ1v) is 10.4. The van der Waals surface area contributed by atoms with Gasteiger partial charge in [0.25, 0.3) is 0 Å². The number of hydrogen-bond donors (Lipinski definition) is 1. The molecule has 1 aliphatic rings. The molecule has 0 spiro atoms. The van der Waals surface area contributed by atoms with Crippen molar-refractivity contribution in [3.63, 3.8) is 0 Å². The highest BCUT2D eigenvalue weighted by atomic mass is 16.2. The molecule has 6 heteroatoms. The molecule has 3 rings (SSSR count). The van der Waals surface area contributed by atoms with E-state index in [1.54, 1.807) is 9.58 Å². The first-order chi connectivity index (χ1) is 13.6. The maximum Gasteiger partial charge on any atom is 0.245 e. The summed E-state index contributed by atoms with van der Waals surface area (Å²) in [6.45, 7) is 11.1. The Kier molecular flexibility index (Phi) is 6.10. The number of benzene rings is 1. The maximum absolute atomic E-state index is 12.8. The van der Waals surface area contributed by atoms with E-state index >= 15 is 0 Å². The van der Waals surface area contributed by atoms with E-state index in [-0.39, 0.29) is 29.7 Å². The lowest BCUT2D eigenvalue weighted by atomic mass is 9.92. The average molecular weight is 397 g/mol. The molecular weight excluding hydrogens is 364 g/mol. The monoisotopic (exact) mass is 396 g/mol. The van der Waals surface area contributed by atoms with Crippen LogP contribution in [0.3, 0.4) is 0 Å². The zero-order chi connectivity index (χ0) is 21.2. The van der Waals surface area contributed by atoms with Gasteiger partial charge < -0.3 is 10.2 Å². The number of rotatable bonds is 7. The topological polar surface area (TPSA) is 67.2 Å². The first-order valence-electron chi connectivity index (χ1n) is 10.4. The number of carbonyl (C=O) groups is 2. The van der Waals surface area contributed by atoms with Crippen molar-refractivity contribution in [3.05, 3.63) is 42.1 Å². The SMILES string of the molecule is CC(C)CN(CC(=O)Nc1cc(C(C)(C)C)nn1-c1ccccc1)C(=O)C1CC1. The fourth-order valence-corrected chi connectivity index (χ4v) is 3.22. The van der Waals surface area contributed by atoms with Gasteiger partial charge in [0.1, 0.15) is 5.82 Å². The Hall–Kier alpha value is -2.63. The molecule has 6 nitrogen and oxygen atoms in total. The molecule has 1 aliphatic carbocycles. The zero-order valence-corrected chi connectivity index (χ0v) is 18.1. The largest absolute Gasteiger partial charge is 0.333 e. The Morgan fingerprint density at radius 2 is 1.86 bits per heavy atom. The molecule has 0 radical (unpaired) electrons. The van der Waals surface area contributed by atoms with Gasteiger partial charge in [0.2, 0.25) is 11.8 Å². The zero-order valence-electron chi connectivity index (χ0n) is 18.1. The van der Waals surface area contributed by atoms with Crippen molar-refractivity contribution < 1.29 is 9.59 Å². The molecule has 1 saturated carbocycles. The van der Waals surface area contributed by atoms with Crippen LogP contribution >= 0.6 is 0 Å². The first kappa shape index (κ1) is 21.1. The highest BCUT2D eigenvalue weighted by Crippen LogP contribution is 2.31. The van der Waals surface area contributed by atoms with Crippen LogP contribution in [0.2, 0.25) is 0 Å². The Balaban J connectivity index is 1.81. The van der Waals surface area contributed by atoms with Gasteiger partial charge in [-0.15, -0.1) is 0 Å². The van der Waals surface area contributed by atoms with Gasteiger partial charge in [-0.25, -0.2) is 4.68 Å². The molecule has 0 unspecified atom stereocenters.